The molecular weight excluding hydrogens is 359 g/mol. The van der Waals surface area contributed by atoms with Gasteiger partial charge in [-0.15, -0.1) is 0 Å². The SMILES string of the molecule is CN(Cc1ccco1)C(=O)c1cccnc1Nc1cccc(C(F)(F)F)c1. The first-order chi connectivity index (χ1) is 12.8. The molecular formula is C19H16F3N3O2. The average molecular weight is 375 g/mol. The molecule has 0 aliphatic heterocycles. The number of nitrogens with one attached hydrogen (secondary N) is 1. The zero-order chi connectivity index (χ0) is 19.4. The van der Waals surface area contributed by atoms with Crippen LogP contribution >= 0.6 is 0 Å². The molecule has 0 saturated carbocycles. The third-order valence-electron chi connectivity index (χ3n) is 3.81. The number of carbonyl (C=O) groups is 1. The van der Waals surface area contributed by atoms with Crippen molar-refractivity contribution >= 4 is 17.4 Å². The number of halogens is 3. The third kappa shape index (κ3) is 4.46. The molecule has 1 N–H and O–H groups in total. The smallest absolute Gasteiger partial charge is 0.416 e. The van der Waals surface area contributed by atoms with Crippen LogP contribution in [0.2, 0.25) is 0 Å². The lowest BCUT2D eigenvalue weighted by atomic mass is 10.1. The predicted octanol–water partition coefficient (Wildman–Crippen LogP) is 4.71. The Morgan fingerprint density at radius 1 is 1.19 bits per heavy atom. The van der Waals surface area contributed by atoms with Crippen LogP contribution in [0.3, 0.4) is 0 Å². The van der Waals surface area contributed by atoms with Gasteiger partial charge in [-0.3, -0.25) is 4.79 Å². The first kappa shape index (κ1) is 18.5. The minimum absolute atomic E-state index is 0.174. The molecule has 0 aliphatic carbocycles. The molecule has 0 radical (unpaired) electrons. The maximum absolute atomic E-state index is 12.9. The summed E-state index contributed by atoms with van der Waals surface area (Å²) in [5.74, 6) is 0.448. The standard InChI is InChI=1S/C19H16F3N3O2/c1-25(12-15-7-4-10-27-15)18(26)16-8-3-9-23-17(16)24-14-6-2-5-13(11-14)19(20,21)22/h2-11H,12H2,1H3,(H,23,24). The van der Waals surface area contributed by atoms with E-state index in [9.17, 15) is 18.0 Å². The Hall–Kier alpha value is -3.29. The van der Waals surface area contributed by atoms with Crippen LogP contribution in [0.1, 0.15) is 21.7 Å². The topological polar surface area (TPSA) is 58.4 Å². The number of alkyl halides is 3. The van der Waals surface area contributed by atoms with Crippen LogP contribution in [0.4, 0.5) is 24.7 Å². The van der Waals surface area contributed by atoms with Crippen molar-refractivity contribution < 1.29 is 22.4 Å². The molecule has 0 fully saturated rings. The Labute approximate surface area is 153 Å². The molecule has 1 aromatic carbocycles. The summed E-state index contributed by atoms with van der Waals surface area (Å²) in [5, 5.41) is 2.80. The van der Waals surface area contributed by atoms with Gasteiger partial charge in [-0.1, -0.05) is 6.07 Å². The Balaban J connectivity index is 1.83. The molecule has 0 atom stereocenters. The van der Waals surface area contributed by atoms with Crippen LogP contribution in [0.5, 0.6) is 0 Å². The fraction of sp³-hybridized carbons (Fsp3) is 0.158. The van der Waals surface area contributed by atoms with Crippen LogP contribution < -0.4 is 5.32 Å². The molecule has 0 unspecified atom stereocenters. The summed E-state index contributed by atoms with van der Waals surface area (Å²) in [4.78, 5) is 18.3. The number of anilines is 2. The average Bonchev–Trinajstić information content (AvgIpc) is 3.14. The number of furan rings is 1. The van der Waals surface area contributed by atoms with Crippen molar-refractivity contribution in [1.82, 2.24) is 9.88 Å². The normalized spacial score (nSPS) is 11.3. The number of hydrogen-bond acceptors (Lipinski definition) is 4. The van der Waals surface area contributed by atoms with Gasteiger partial charge in [0.25, 0.3) is 5.91 Å². The highest BCUT2D eigenvalue weighted by Gasteiger charge is 2.30. The monoisotopic (exact) mass is 375 g/mol. The number of pyridine rings is 1. The van der Waals surface area contributed by atoms with Crippen LogP contribution in [0.15, 0.2) is 65.4 Å². The zero-order valence-electron chi connectivity index (χ0n) is 14.3. The number of benzene rings is 1. The summed E-state index contributed by atoms with van der Waals surface area (Å²) < 4.78 is 43.9. The molecule has 3 aromatic rings. The largest absolute Gasteiger partial charge is 0.467 e. The van der Waals surface area contributed by atoms with E-state index >= 15 is 0 Å². The molecule has 27 heavy (non-hydrogen) atoms. The molecule has 0 aliphatic rings. The van der Waals surface area contributed by atoms with E-state index in [1.807, 2.05) is 0 Å². The Morgan fingerprint density at radius 3 is 2.70 bits per heavy atom. The van der Waals surface area contributed by atoms with Crippen LogP contribution in [-0.2, 0) is 12.7 Å². The zero-order valence-corrected chi connectivity index (χ0v) is 14.3. The van der Waals surface area contributed by atoms with Crippen molar-refractivity contribution in [3.63, 3.8) is 0 Å². The predicted molar refractivity (Wildman–Crippen MR) is 93.5 cm³/mol. The van der Waals surface area contributed by atoms with Crippen LogP contribution in [-0.4, -0.2) is 22.8 Å². The molecule has 0 spiro atoms. The number of hydrogen-bond donors (Lipinski definition) is 1. The fourth-order valence-electron chi connectivity index (χ4n) is 2.50. The molecule has 140 valence electrons. The number of rotatable bonds is 5. The number of amides is 1. The van der Waals surface area contributed by atoms with Gasteiger partial charge in [-0.2, -0.15) is 13.2 Å². The highest BCUT2D eigenvalue weighted by molar-refractivity contribution is 5.99. The van der Waals surface area contributed by atoms with Gasteiger partial charge in [-0.25, -0.2) is 4.98 Å². The van der Waals surface area contributed by atoms with Gasteiger partial charge in [0, 0.05) is 18.9 Å². The van der Waals surface area contributed by atoms with Crippen LogP contribution in [0.25, 0.3) is 0 Å². The molecule has 2 heterocycles. The van der Waals surface area contributed by atoms with Crippen molar-refractivity contribution in [1.29, 1.82) is 0 Å². The second-order valence-electron chi connectivity index (χ2n) is 5.84. The second-order valence-corrected chi connectivity index (χ2v) is 5.84. The van der Waals surface area contributed by atoms with Gasteiger partial charge < -0.3 is 14.6 Å². The van der Waals surface area contributed by atoms with E-state index in [1.165, 1.54) is 29.5 Å². The van der Waals surface area contributed by atoms with Crippen LogP contribution in [0, 0.1) is 0 Å². The van der Waals surface area contributed by atoms with Crippen molar-refractivity contribution in [3.05, 3.63) is 77.9 Å². The van der Waals surface area contributed by atoms with Gasteiger partial charge in [0.15, 0.2) is 0 Å². The van der Waals surface area contributed by atoms with Gasteiger partial charge >= 0.3 is 6.18 Å². The first-order valence-corrected chi connectivity index (χ1v) is 8.02. The number of nitrogens with zero attached hydrogens (tertiary/aromatic N) is 2. The van der Waals surface area contributed by atoms with Crippen molar-refractivity contribution in [2.45, 2.75) is 12.7 Å². The lowest BCUT2D eigenvalue weighted by Crippen LogP contribution is -2.27. The third-order valence-corrected chi connectivity index (χ3v) is 3.81. The van der Waals surface area contributed by atoms with E-state index in [0.29, 0.717) is 5.76 Å². The highest BCUT2D eigenvalue weighted by Crippen LogP contribution is 2.31. The Bertz CT molecular complexity index is 924. The van der Waals surface area contributed by atoms with Gasteiger partial charge in [0.2, 0.25) is 0 Å². The van der Waals surface area contributed by atoms with E-state index in [-0.39, 0.29) is 29.5 Å². The van der Waals surface area contributed by atoms with E-state index in [1.54, 1.807) is 31.3 Å². The maximum atomic E-state index is 12.9. The van der Waals surface area contributed by atoms with E-state index in [4.69, 9.17) is 4.42 Å². The summed E-state index contributed by atoms with van der Waals surface area (Å²) in [5.41, 5.74) is -0.360. The van der Waals surface area contributed by atoms with E-state index in [2.05, 4.69) is 10.3 Å². The van der Waals surface area contributed by atoms with Crippen molar-refractivity contribution in [2.24, 2.45) is 0 Å². The van der Waals surface area contributed by atoms with Gasteiger partial charge in [0.05, 0.1) is 23.9 Å². The molecule has 5 nitrogen and oxygen atoms in total. The molecule has 1 amide bonds. The van der Waals surface area contributed by atoms with E-state index < -0.39 is 11.7 Å². The van der Waals surface area contributed by atoms with Gasteiger partial charge in [0.1, 0.15) is 11.6 Å². The van der Waals surface area contributed by atoms with Gasteiger partial charge in [-0.05, 0) is 42.5 Å². The van der Waals surface area contributed by atoms with Crippen molar-refractivity contribution in [2.75, 3.05) is 12.4 Å². The summed E-state index contributed by atoms with van der Waals surface area (Å²) in [7, 11) is 1.60. The quantitative estimate of drug-likeness (QED) is 0.702. The summed E-state index contributed by atoms with van der Waals surface area (Å²) in [6.07, 6.45) is -1.48. The molecule has 3 rings (SSSR count). The molecule has 0 bridgehead atoms. The van der Waals surface area contributed by atoms with E-state index in [0.717, 1.165) is 12.1 Å². The fourth-order valence-corrected chi connectivity index (χ4v) is 2.50. The number of carbonyl (C=O) groups excluding carboxylic acids is 1. The highest BCUT2D eigenvalue weighted by atomic mass is 19.4. The lowest BCUT2D eigenvalue weighted by Gasteiger charge is -2.18. The molecule has 2 aromatic heterocycles. The summed E-state index contributed by atoms with van der Waals surface area (Å²) >= 11 is 0. The number of aromatic nitrogens is 1. The maximum Gasteiger partial charge on any atom is 0.416 e. The summed E-state index contributed by atoms with van der Waals surface area (Å²) in [6.45, 7) is 0.254. The first-order valence-electron chi connectivity index (χ1n) is 8.02. The van der Waals surface area contributed by atoms with Crippen molar-refractivity contribution in [3.8, 4) is 0 Å². The molecule has 8 heteroatoms. The Morgan fingerprint density at radius 2 is 2.00 bits per heavy atom. The minimum Gasteiger partial charge on any atom is -0.467 e. The second kappa shape index (κ2) is 7.53. The summed E-state index contributed by atoms with van der Waals surface area (Å²) in [6, 6.07) is 11.3. The Kier molecular flexibility index (Phi) is 5.16. The molecule has 0 saturated heterocycles. The lowest BCUT2D eigenvalue weighted by molar-refractivity contribution is -0.137. The minimum atomic E-state index is -4.45.